The Hall–Kier alpha value is -2.98. The third-order valence-corrected chi connectivity index (χ3v) is 4.65. The molecule has 0 bridgehead atoms. The molecule has 0 radical (unpaired) electrons. The Bertz CT molecular complexity index is 901. The summed E-state index contributed by atoms with van der Waals surface area (Å²) >= 11 is 1.40. The van der Waals surface area contributed by atoms with Crippen LogP contribution in [0.15, 0.2) is 47.9 Å². The summed E-state index contributed by atoms with van der Waals surface area (Å²) in [6.45, 7) is 0.805. The average molecular weight is 400 g/mol. The molecule has 28 heavy (non-hydrogen) atoms. The van der Waals surface area contributed by atoms with Crippen molar-refractivity contribution >= 4 is 17.7 Å². The molecule has 2 heterocycles. The molecule has 3 rings (SSSR count). The van der Waals surface area contributed by atoms with Crippen LogP contribution in [0.2, 0.25) is 0 Å². The van der Waals surface area contributed by atoms with Gasteiger partial charge in [0.1, 0.15) is 5.75 Å². The molecule has 0 atom stereocenters. The zero-order chi connectivity index (χ0) is 19.8. The van der Waals surface area contributed by atoms with E-state index in [1.165, 1.54) is 11.8 Å². The molecule has 3 aromatic rings. The summed E-state index contributed by atoms with van der Waals surface area (Å²) in [4.78, 5) is 21.0. The van der Waals surface area contributed by atoms with E-state index in [2.05, 4.69) is 25.6 Å². The van der Waals surface area contributed by atoms with E-state index in [4.69, 9.17) is 9.47 Å². The van der Waals surface area contributed by atoms with Crippen LogP contribution in [-0.2, 0) is 10.5 Å². The molecule has 1 aromatic carbocycles. The number of methoxy groups -OCH3 is 2. The second-order valence-electron chi connectivity index (χ2n) is 5.56. The van der Waals surface area contributed by atoms with Crippen molar-refractivity contribution in [2.75, 3.05) is 27.4 Å². The lowest BCUT2D eigenvalue weighted by molar-refractivity contribution is 0.0931. The van der Waals surface area contributed by atoms with Crippen molar-refractivity contribution in [2.45, 2.75) is 10.9 Å². The lowest BCUT2D eigenvalue weighted by atomic mass is 10.2. The summed E-state index contributed by atoms with van der Waals surface area (Å²) in [7, 11) is 3.18. The summed E-state index contributed by atoms with van der Waals surface area (Å²) in [5, 5.41) is 11.7. The van der Waals surface area contributed by atoms with Gasteiger partial charge in [-0.3, -0.25) is 4.79 Å². The van der Waals surface area contributed by atoms with Gasteiger partial charge in [-0.05, 0) is 30.3 Å². The van der Waals surface area contributed by atoms with Crippen molar-refractivity contribution in [3.63, 3.8) is 0 Å². The number of amides is 1. The van der Waals surface area contributed by atoms with Gasteiger partial charge in [0.05, 0.1) is 25.1 Å². The number of nitrogens with zero attached hydrogens (tertiary/aromatic N) is 5. The Morgan fingerprint density at radius 3 is 2.61 bits per heavy atom. The van der Waals surface area contributed by atoms with Crippen LogP contribution in [0.4, 0.5) is 0 Å². The predicted octanol–water partition coefficient (Wildman–Crippen LogP) is 1.73. The van der Waals surface area contributed by atoms with Gasteiger partial charge in [-0.15, -0.1) is 5.10 Å². The number of aromatic nitrogens is 5. The highest BCUT2D eigenvalue weighted by Gasteiger charge is 2.21. The second kappa shape index (κ2) is 9.81. The van der Waals surface area contributed by atoms with Crippen LogP contribution in [0.25, 0.3) is 5.69 Å². The maximum atomic E-state index is 12.6. The zero-order valence-electron chi connectivity index (χ0n) is 15.5. The number of carbonyl (C=O) groups is 1. The molecule has 0 aliphatic carbocycles. The molecular formula is C18H20N6O3S. The van der Waals surface area contributed by atoms with Crippen molar-refractivity contribution in [1.82, 2.24) is 30.3 Å². The van der Waals surface area contributed by atoms with Crippen LogP contribution in [0.1, 0.15) is 16.2 Å². The minimum atomic E-state index is -0.304. The fourth-order valence-electron chi connectivity index (χ4n) is 2.38. The normalized spacial score (nSPS) is 10.6. The third kappa shape index (κ3) is 4.84. The van der Waals surface area contributed by atoms with Gasteiger partial charge in [0.2, 0.25) is 0 Å². The monoisotopic (exact) mass is 400 g/mol. The summed E-state index contributed by atoms with van der Waals surface area (Å²) in [6.07, 6.45) is 3.35. The molecule has 0 saturated carbocycles. The molecule has 0 aliphatic heterocycles. The van der Waals surface area contributed by atoms with Gasteiger partial charge in [0.15, 0.2) is 10.9 Å². The highest BCUT2D eigenvalue weighted by molar-refractivity contribution is 7.98. The van der Waals surface area contributed by atoms with E-state index in [1.807, 2.05) is 24.3 Å². The SMILES string of the molecule is COCCNC(=O)c1nnn(-c2ccc(OC)cc2)c1CSc1ncccn1. The molecule has 2 aromatic heterocycles. The zero-order valence-corrected chi connectivity index (χ0v) is 16.3. The Kier molecular flexibility index (Phi) is 6.93. The summed E-state index contributed by atoms with van der Waals surface area (Å²) < 4.78 is 11.8. The Morgan fingerprint density at radius 1 is 1.18 bits per heavy atom. The number of nitrogens with one attached hydrogen (secondary N) is 1. The van der Waals surface area contributed by atoms with Crippen LogP contribution < -0.4 is 10.1 Å². The van der Waals surface area contributed by atoms with Crippen molar-refractivity contribution in [2.24, 2.45) is 0 Å². The molecule has 10 heteroatoms. The van der Waals surface area contributed by atoms with E-state index in [0.717, 1.165) is 11.4 Å². The van der Waals surface area contributed by atoms with Crippen molar-refractivity contribution < 1.29 is 14.3 Å². The summed E-state index contributed by atoms with van der Waals surface area (Å²) in [6, 6.07) is 9.11. The lowest BCUT2D eigenvalue weighted by Gasteiger charge is -2.09. The smallest absolute Gasteiger partial charge is 0.273 e. The molecule has 1 N–H and O–H groups in total. The Morgan fingerprint density at radius 2 is 1.93 bits per heavy atom. The van der Waals surface area contributed by atoms with Gasteiger partial charge in [0.25, 0.3) is 5.91 Å². The molecule has 146 valence electrons. The van der Waals surface area contributed by atoms with E-state index >= 15 is 0 Å². The van der Waals surface area contributed by atoms with Crippen molar-refractivity contribution in [1.29, 1.82) is 0 Å². The quantitative estimate of drug-likeness (QED) is 0.329. The van der Waals surface area contributed by atoms with Crippen molar-refractivity contribution in [3.8, 4) is 11.4 Å². The number of hydrogen-bond acceptors (Lipinski definition) is 8. The highest BCUT2D eigenvalue weighted by atomic mass is 32.2. The number of carbonyl (C=O) groups excluding carboxylic acids is 1. The Labute approximate surface area is 166 Å². The molecule has 0 aliphatic rings. The van der Waals surface area contributed by atoms with E-state index < -0.39 is 0 Å². The first-order valence-corrected chi connectivity index (χ1v) is 9.47. The number of ether oxygens (including phenoxy) is 2. The van der Waals surface area contributed by atoms with E-state index in [9.17, 15) is 4.79 Å². The summed E-state index contributed by atoms with van der Waals surface area (Å²) in [5.74, 6) is 0.854. The van der Waals surface area contributed by atoms with Crippen LogP contribution in [-0.4, -0.2) is 58.2 Å². The van der Waals surface area contributed by atoms with E-state index in [1.54, 1.807) is 37.4 Å². The minimum absolute atomic E-state index is 0.260. The molecule has 9 nitrogen and oxygen atoms in total. The van der Waals surface area contributed by atoms with Gasteiger partial charge in [-0.25, -0.2) is 14.6 Å². The molecule has 0 unspecified atom stereocenters. The van der Waals surface area contributed by atoms with Gasteiger partial charge in [-0.2, -0.15) is 0 Å². The van der Waals surface area contributed by atoms with Crippen LogP contribution >= 0.6 is 11.8 Å². The van der Waals surface area contributed by atoms with Crippen LogP contribution in [0, 0.1) is 0 Å². The molecular weight excluding hydrogens is 380 g/mol. The van der Waals surface area contributed by atoms with E-state index in [-0.39, 0.29) is 11.6 Å². The lowest BCUT2D eigenvalue weighted by Crippen LogP contribution is -2.28. The third-order valence-electron chi connectivity index (χ3n) is 3.77. The topological polar surface area (TPSA) is 104 Å². The second-order valence-corrected chi connectivity index (χ2v) is 6.51. The first-order valence-electron chi connectivity index (χ1n) is 8.49. The largest absolute Gasteiger partial charge is 0.497 e. The van der Waals surface area contributed by atoms with Gasteiger partial charge in [0, 0.05) is 31.8 Å². The molecule has 1 amide bonds. The first-order chi connectivity index (χ1) is 13.7. The predicted molar refractivity (Wildman–Crippen MR) is 104 cm³/mol. The number of thioether (sulfide) groups is 1. The fraction of sp³-hybridized carbons (Fsp3) is 0.278. The number of rotatable bonds is 9. The molecule has 0 saturated heterocycles. The average Bonchev–Trinajstić information content (AvgIpc) is 3.17. The summed E-state index contributed by atoms with van der Waals surface area (Å²) in [5.41, 5.74) is 1.68. The first kappa shape index (κ1) is 19.8. The maximum absolute atomic E-state index is 12.6. The van der Waals surface area contributed by atoms with E-state index in [0.29, 0.717) is 29.8 Å². The van der Waals surface area contributed by atoms with Gasteiger partial charge < -0.3 is 14.8 Å². The van der Waals surface area contributed by atoms with Crippen molar-refractivity contribution in [3.05, 3.63) is 54.1 Å². The minimum Gasteiger partial charge on any atom is -0.497 e. The number of hydrogen-bond donors (Lipinski definition) is 1. The Balaban J connectivity index is 1.88. The molecule has 0 fully saturated rings. The standard InChI is InChI=1S/C18H20N6O3S/c1-26-11-10-19-17(25)16-15(12-28-18-20-8-3-9-21-18)24(23-22-16)13-4-6-14(27-2)7-5-13/h3-9H,10-12H2,1-2H3,(H,19,25). The maximum Gasteiger partial charge on any atom is 0.273 e. The van der Waals surface area contributed by atoms with Crippen LogP contribution in [0.3, 0.4) is 0 Å². The fourth-order valence-corrected chi connectivity index (χ4v) is 3.18. The number of benzene rings is 1. The molecule has 0 spiro atoms. The van der Waals surface area contributed by atoms with Gasteiger partial charge >= 0.3 is 0 Å². The highest BCUT2D eigenvalue weighted by Crippen LogP contribution is 2.23. The van der Waals surface area contributed by atoms with Gasteiger partial charge in [-0.1, -0.05) is 17.0 Å². The van der Waals surface area contributed by atoms with Crippen LogP contribution in [0.5, 0.6) is 5.75 Å².